The first kappa shape index (κ1) is 22.3. The third-order valence-corrected chi connectivity index (χ3v) is 5.26. The van der Waals surface area contributed by atoms with Crippen molar-refractivity contribution in [2.45, 2.75) is 64.6 Å². The highest BCUT2D eigenvalue weighted by atomic mass is 16.5. The normalized spacial score (nSPS) is 22.0. The number of amides is 1. The van der Waals surface area contributed by atoms with Gasteiger partial charge in [-0.2, -0.15) is 0 Å². The van der Waals surface area contributed by atoms with E-state index in [2.05, 4.69) is 19.1 Å². The van der Waals surface area contributed by atoms with Gasteiger partial charge in [-0.15, -0.1) is 0 Å². The van der Waals surface area contributed by atoms with Crippen LogP contribution in [0.15, 0.2) is 18.2 Å². The minimum atomic E-state index is -0.250. The Bertz CT molecular complexity index is 625. The zero-order chi connectivity index (χ0) is 20.7. The zero-order valence-electron chi connectivity index (χ0n) is 17.8. The van der Waals surface area contributed by atoms with E-state index in [9.17, 15) is 4.79 Å². The molecule has 158 valence electrons. The van der Waals surface area contributed by atoms with E-state index >= 15 is 0 Å². The summed E-state index contributed by atoms with van der Waals surface area (Å²) in [5.41, 5.74) is 1.20. The van der Waals surface area contributed by atoms with Gasteiger partial charge in [0.2, 0.25) is 0 Å². The molecule has 2 atom stereocenters. The molecule has 0 bridgehead atoms. The maximum Gasteiger partial charge on any atom is 0.409 e. The standard InChI is InChI=1S/C19H27NO4.C3H8O/c1-13-11-20(19(21)23-3)12-16(13)14-8-9-17(22-2)18(10-14)24-15-6-4-5-7-15;1-3(2)4/h8-10,13,15-16H,4-7,11-12H2,1-3H3;3-4H,1-2H3/t13-,16+;/m0./s1. The Labute approximate surface area is 168 Å². The molecule has 3 rings (SSSR count). The van der Waals surface area contributed by atoms with E-state index in [0.29, 0.717) is 24.5 Å². The van der Waals surface area contributed by atoms with E-state index in [0.717, 1.165) is 30.9 Å². The fraction of sp³-hybridized carbons (Fsp3) is 0.682. The number of carbonyl (C=O) groups is 1. The molecule has 28 heavy (non-hydrogen) atoms. The topological polar surface area (TPSA) is 68.2 Å². The van der Waals surface area contributed by atoms with Gasteiger partial charge in [0.1, 0.15) is 0 Å². The Morgan fingerprint density at radius 2 is 1.79 bits per heavy atom. The first-order chi connectivity index (χ1) is 13.3. The molecule has 1 aliphatic carbocycles. The first-order valence-electron chi connectivity index (χ1n) is 10.2. The summed E-state index contributed by atoms with van der Waals surface area (Å²) in [5, 5.41) is 8.06. The molecule has 6 heteroatoms. The van der Waals surface area contributed by atoms with Crippen molar-refractivity contribution >= 4 is 6.09 Å². The second-order valence-corrected chi connectivity index (χ2v) is 7.99. The summed E-state index contributed by atoms with van der Waals surface area (Å²) in [7, 11) is 3.11. The summed E-state index contributed by atoms with van der Waals surface area (Å²) < 4.78 is 16.5. The first-order valence-corrected chi connectivity index (χ1v) is 10.2. The molecule has 1 aliphatic heterocycles. The predicted molar refractivity (Wildman–Crippen MR) is 109 cm³/mol. The molecular formula is C22H35NO5. The lowest BCUT2D eigenvalue weighted by molar-refractivity contribution is 0.131. The van der Waals surface area contributed by atoms with Crippen LogP contribution in [-0.2, 0) is 4.74 Å². The van der Waals surface area contributed by atoms with Gasteiger partial charge in [-0.3, -0.25) is 0 Å². The number of aliphatic hydroxyl groups is 1. The monoisotopic (exact) mass is 393 g/mol. The molecule has 1 N–H and O–H groups in total. The second-order valence-electron chi connectivity index (χ2n) is 7.99. The lowest BCUT2D eigenvalue weighted by atomic mass is 9.90. The molecule has 1 saturated carbocycles. The molecule has 0 spiro atoms. The van der Waals surface area contributed by atoms with Crippen LogP contribution in [0.25, 0.3) is 0 Å². The van der Waals surface area contributed by atoms with Crippen LogP contribution in [0.1, 0.15) is 57.9 Å². The summed E-state index contributed by atoms with van der Waals surface area (Å²) in [4.78, 5) is 13.6. The molecule has 0 radical (unpaired) electrons. The maximum absolute atomic E-state index is 11.8. The van der Waals surface area contributed by atoms with Crippen LogP contribution < -0.4 is 9.47 Å². The molecular weight excluding hydrogens is 358 g/mol. The van der Waals surface area contributed by atoms with Crippen molar-refractivity contribution in [3.05, 3.63) is 23.8 Å². The van der Waals surface area contributed by atoms with Gasteiger partial charge in [-0.1, -0.05) is 13.0 Å². The van der Waals surface area contributed by atoms with Gasteiger partial charge in [0.25, 0.3) is 0 Å². The molecule has 1 aromatic carbocycles. The molecule has 2 fully saturated rings. The van der Waals surface area contributed by atoms with E-state index < -0.39 is 0 Å². The molecule has 0 unspecified atom stereocenters. The predicted octanol–water partition coefficient (Wildman–Crippen LogP) is 4.21. The largest absolute Gasteiger partial charge is 0.493 e. The van der Waals surface area contributed by atoms with Crippen LogP contribution in [0.5, 0.6) is 11.5 Å². The summed E-state index contributed by atoms with van der Waals surface area (Å²) in [6, 6.07) is 6.16. The van der Waals surface area contributed by atoms with E-state index in [-0.39, 0.29) is 12.2 Å². The van der Waals surface area contributed by atoms with Crippen molar-refractivity contribution in [1.29, 1.82) is 0 Å². The molecule has 0 aromatic heterocycles. The lowest BCUT2D eigenvalue weighted by Gasteiger charge is -2.20. The molecule has 1 heterocycles. The lowest BCUT2D eigenvalue weighted by Crippen LogP contribution is -2.28. The summed E-state index contributed by atoms with van der Waals surface area (Å²) >= 11 is 0. The molecule has 1 aromatic rings. The number of ether oxygens (including phenoxy) is 3. The van der Waals surface area contributed by atoms with Gasteiger partial charge in [-0.25, -0.2) is 4.79 Å². The third kappa shape index (κ3) is 6.03. The number of benzene rings is 1. The van der Waals surface area contributed by atoms with Crippen LogP contribution >= 0.6 is 0 Å². The number of hydrogen-bond donors (Lipinski definition) is 1. The van der Waals surface area contributed by atoms with E-state index in [1.54, 1.807) is 25.9 Å². The molecule has 6 nitrogen and oxygen atoms in total. The Hall–Kier alpha value is -1.95. The van der Waals surface area contributed by atoms with Crippen molar-refractivity contribution in [2.24, 2.45) is 5.92 Å². The van der Waals surface area contributed by atoms with Crippen molar-refractivity contribution in [3.8, 4) is 11.5 Å². The van der Waals surface area contributed by atoms with Crippen molar-refractivity contribution in [1.82, 2.24) is 4.90 Å². The van der Waals surface area contributed by atoms with Crippen LogP contribution in [0.2, 0.25) is 0 Å². The quantitative estimate of drug-likeness (QED) is 0.830. The SMILES string of the molecule is CC(C)O.COC(=O)N1C[C@H](C)[C@H](c2ccc(OC)c(OC3CCCC3)c2)C1. The Balaban J connectivity index is 0.000000640. The van der Waals surface area contributed by atoms with Gasteiger partial charge in [0.05, 0.1) is 20.3 Å². The second kappa shape index (κ2) is 10.6. The van der Waals surface area contributed by atoms with Crippen LogP contribution in [0, 0.1) is 5.92 Å². The molecule has 2 aliphatic rings. The van der Waals surface area contributed by atoms with Gasteiger partial charge in [0.15, 0.2) is 11.5 Å². The fourth-order valence-electron chi connectivity index (χ4n) is 3.88. The van der Waals surface area contributed by atoms with E-state index in [1.165, 1.54) is 25.5 Å². The summed E-state index contributed by atoms with van der Waals surface area (Å²) in [5.74, 6) is 2.28. The van der Waals surface area contributed by atoms with Crippen LogP contribution in [-0.4, -0.2) is 55.6 Å². The number of carbonyl (C=O) groups excluding carboxylic acids is 1. The number of aliphatic hydroxyl groups excluding tert-OH is 1. The van der Waals surface area contributed by atoms with Crippen molar-refractivity contribution < 1.29 is 24.1 Å². The van der Waals surface area contributed by atoms with E-state index in [1.807, 2.05) is 6.07 Å². The number of likely N-dealkylation sites (tertiary alicyclic amines) is 1. The average Bonchev–Trinajstić information content (AvgIpc) is 3.30. The smallest absolute Gasteiger partial charge is 0.409 e. The highest BCUT2D eigenvalue weighted by Gasteiger charge is 2.34. The van der Waals surface area contributed by atoms with Crippen molar-refractivity contribution in [3.63, 3.8) is 0 Å². The maximum atomic E-state index is 11.8. The molecule has 1 saturated heterocycles. The Morgan fingerprint density at radius 3 is 2.36 bits per heavy atom. The Kier molecular flexibility index (Phi) is 8.42. The van der Waals surface area contributed by atoms with Gasteiger partial charge in [-0.05, 0) is 63.1 Å². The number of rotatable bonds is 4. The van der Waals surface area contributed by atoms with Crippen molar-refractivity contribution in [2.75, 3.05) is 27.3 Å². The minimum absolute atomic E-state index is 0.167. The third-order valence-electron chi connectivity index (χ3n) is 5.26. The number of hydrogen-bond acceptors (Lipinski definition) is 5. The van der Waals surface area contributed by atoms with Gasteiger partial charge >= 0.3 is 6.09 Å². The zero-order valence-corrected chi connectivity index (χ0v) is 17.8. The average molecular weight is 394 g/mol. The van der Waals surface area contributed by atoms with Crippen LogP contribution in [0.3, 0.4) is 0 Å². The number of methoxy groups -OCH3 is 2. The highest BCUT2D eigenvalue weighted by Crippen LogP contribution is 2.38. The minimum Gasteiger partial charge on any atom is -0.493 e. The van der Waals surface area contributed by atoms with Crippen LogP contribution in [0.4, 0.5) is 4.79 Å². The van der Waals surface area contributed by atoms with E-state index in [4.69, 9.17) is 19.3 Å². The van der Waals surface area contributed by atoms with Gasteiger partial charge < -0.3 is 24.2 Å². The summed E-state index contributed by atoms with van der Waals surface area (Å²) in [6.45, 7) is 7.03. The fourth-order valence-corrected chi connectivity index (χ4v) is 3.88. The Morgan fingerprint density at radius 1 is 1.14 bits per heavy atom. The van der Waals surface area contributed by atoms with Gasteiger partial charge in [0, 0.05) is 25.1 Å². The highest BCUT2D eigenvalue weighted by molar-refractivity contribution is 5.68. The molecule has 1 amide bonds. The number of nitrogens with zero attached hydrogens (tertiary/aromatic N) is 1. The summed E-state index contributed by atoms with van der Waals surface area (Å²) in [6.07, 6.45) is 4.58.